The molecule has 1 saturated heterocycles. The van der Waals surface area contributed by atoms with Crippen molar-refractivity contribution >= 4 is 29.6 Å². The van der Waals surface area contributed by atoms with Gasteiger partial charge in [-0.15, -0.1) is 0 Å². The predicted octanol–water partition coefficient (Wildman–Crippen LogP) is 0.894. The zero-order chi connectivity index (χ0) is 10.8. The third-order valence-electron chi connectivity index (χ3n) is 2.05. The largest absolute Gasteiger partial charge is 0.254 e. The minimum atomic E-state index is -3.60. The van der Waals surface area contributed by atoms with Crippen molar-refractivity contribution in [3.63, 3.8) is 0 Å². The van der Waals surface area contributed by atoms with Crippen LogP contribution < -0.4 is 0 Å². The second-order valence-electron chi connectivity index (χ2n) is 3.35. The molecule has 1 unspecified atom stereocenters. The van der Waals surface area contributed by atoms with E-state index in [1.165, 1.54) is 6.08 Å². The quantitative estimate of drug-likeness (QED) is 0.705. The van der Waals surface area contributed by atoms with E-state index in [-0.39, 0.29) is 17.4 Å². The normalized spacial score (nSPS) is 27.1. The Hall–Kier alpha value is -0.0700. The maximum absolute atomic E-state index is 11.0. The van der Waals surface area contributed by atoms with Crippen LogP contribution in [0.1, 0.15) is 12.8 Å². The second-order valence-corrected chi connectivity index (χ2v) is 8.09. The Balaban J connectivity index is 2.46. The van der Waals surface area contributed by atoms with E-state index in [2.05, 4.69) is 0 Å². The van der Waals surface area contributed by atoms with Crippen molar-refractivity contribution in [3.8, 4) is 0 Å². The van der Waals surface area contributed by atoms with Crippen LogP contribution in [0.15, 0.2) is 11.5 Å². The minimum absolute atomic E-state index is 0.0367. The molecule has 0 spiro atoms. The fraction of sp³-hybridized carbons (Fsp3) is 0.714. The molecule has 0 aliphatic carbocycles. The molecule has 1 rings (SSSR count). The molecular weight excluding hydrogens is 248 g/mol. The van der Waals surface area contributed by atoms with Crippen molar-refractivity contribution in [2.75, 3.05) is 11.5 Å². The first-order chi connectivity index (χ1) is 6.29. The number of allylic oxidation sites excluding steroid dienone is 1. The Morgan fingerprint density at radius 1 is 1.43 bits per heavy atom. The fourth-order valence-electron chi connectivity index (χ4n) is 1.42. The SMILES string of the molecule is O=S(=O)(Cl)/C=C\CC1CCS(=O)(=O)C1. The molecule has 1 aliphatic heterocycles. The molecule has 82 valence electrons. The van der Waals surface area contributed by atoms with Gasteiger partial charge in [0.15, 0.2) is 9.84 Å². The predicted molar refractivity (Wildman–Crippen MR) is 55.3 cm³/mol. The summed E-state index contributed by atoms with van der Waals surface area (Å²) in [7, 11) is -1.54. The Bertz CT molecular complexity index is 421. The van der Waals surface area contributed by atoms with Crippen LogP contribution >= 0.6 is 10.7 Å². The molecule has 0 saturated carbocycles. The van der Waals surface area contributed by atoms with Gasteiger partial charge < -0.3 is 0 Å². The van der Waals surface area contributed by atoms with E-state index in [1.807, 2.05) is 0 Å². The average molecular weight is 259 g/mol. The number of rotatable bonds is 3. The summed E-state index contributed by atoms with van der Waals surface area (Å²) in [5, 5.41) is 0.902. The van der Waals surface area contributed by atoms with Crippen LogP contribution in [0.2, 0.25) is 0 Å². The number of hydrogen-bond donors (Lipinski definition) is 0. The Labute approximate surface area is 88.3 Å². The molecule has 0 N–H and O–H groups in total. The highest BCUT2D eigenvalue weighted by molar-refractivity contribution is 8.16. The lowest BCUT2D eigenvalue weighted by molar-refractivity contribution is 0.590. The summed E-state index contributed by atoms with van der Waals surface area (Å²) in [5.74, 6) is 0.397. The van der Waals surface area contributed by atoms with E-state index in [4.69, 9.17) is 10.7 Å². The Kier molecular flexibility index (Phi) is 3.60. The van der Waals surface area contributed by atoms with E-state index >= 15 is 0 Å². The van der Waals surface area contributed by atoms with E-state index in [9.17, 15) is 16.8 Å². The summed E-state index contributed by atoms with van der Waals surface area (Å²) in [6.45, 7) is 0. The van der Waals surface area contributed by atoms with Crippen LogP contribution in [-0.2, 0) is 18.9 Å². The van der Waals surface area contributed by atoms with Gasteiger partial charge in [0.25, 0.3) is 9.05 Å². The molecule has 1 atom stereocenters. The monoisotopic (exact) mass is 258 g/mol. The summed E-state index contributed by atoms with van der Waals surface area (Å²) < 4.78 is 43.1. The molecule has 1 heterocycles. The minimum Gasteiger partial charge on any atom is -0.229 e. The molecular formula is C7H11ClO4S2. The summed E-state index contributed by atoms with van der Waals surface area (Å²) in [6, 6.07) is 0. The molecule has 1 aliphatic rings. The molecule has 0 aromatic rings. The second kappa shape index (κ2) is 4.20. The molecule has 0 aromatic carbocycles. The summed E-state index contributed by atoms with van der Waals surface area (Å²) in [4.78, 5) is 0. The van der Waals surface area contributed by atoms with Crippen molar-refractivity contribution in [2.45, 2.75) is 12.8 Å². The molecule has 0 aromatic heterocycles. The number of hydrogen-bond acceptors (Lipinski definition) is 4. The number of sulfone groups is 1. The van der Waals surface area contributed by atoms with Gasteiger partial charge in [0.1, 0.15) is 0 Å². The Morgan fingerprint density at radius 3 is 2.50 bits per heavy atom. The highest BCUT2D eigenvalue weighted by atomic mass is 35.7. The van der Waals surface area contributed by atoms with E-state index in [1.54, 1.807) is 0 Å². The smallest absolute Gasteiger partial charge is 0.229 e. The van der Waals surface area contributed by atoms with Gasteiger partial charge >= 0.3 is 0 Å². The lowest BCUT2D eigenvalue weighted by Gasteiger charge is -2.00. The van der Waals surface area contributed by atoms with Crippen molar-refractivity contribution in [1.82, 2.24) is 0 Å². The van der Waals surface area contributed by atoms with Gasteiger partial charge in [-0.3, -0.25) is 0 Å². The molecule has 7 heteroatoms. The molecule has 0 amide bonds. The maximum atomic E-state index is 11.0. The van der Waals surface area contributed by atoms with Gasteiger partial charge in [-0.2, -0.15) is 0 Å². The lowest BCUT2D eigenvalue weighted by Crippen LogP contribution is -2.03. The third kappa shape index (κ3) is 4.43. The molecule has 0 radical (unpaired) electrons. The van der Waals surface area contributed by atoms with Crippen LogP contribution in [0.4, 0.5) is 0 Å². The highest BCUT2D eigenvalue weighted by Crippen LogP contribution is 2.22. The zero-order valence-corrected chi connectivity index (χ0v) is 9.78. The van der Waals surface area contributed by atoms with Gasteiger partial charge in [0, 0.05) is 16.1 Å². The number of halogens is 1. The van der Waals surface area contributed by atoms with Crippen molar-refractivity contribution in [2.24, 2.45) is 5.92 Å². The fourth-order valence-corrected chi connectivity index (χ4v) is 3.86. The van der Waals surface area contributed by atoms with Gasteiger partial charge in [0.2, 0.25) is 0 Å². The summed E-state index contributed by atoms with van der Waals surface area (Å²) >= 11 is 0. The van der Waals surface area contributed by atoms with Crippen LogP contribution in [-0.4, -0.2) is 28.3 Å². The topological polar surface area (TPSA) is 68.3 Å². The molecule has 0 bridgehead atoms. The van der Waals surface area contributed by atoms with E-state index < -0.39 is 18.9 Å². The third-order valence-corrected chi connectivity index (χ3v) is 4.72. The summed E-state index contributed by atoms with van der Waals surface area (Å²) in [5.41, 5.74) is 0. The lowest BCUT2D eigenvalue weighted by atomic mass is 10.1. The maximum Gasteiger partial charge on any atom is 0.254 e. The van der Waals surface area contributed by atoms with Gasteiger partial charge in [-0.25, -0.2) is 16.8 Å². The van der Waals surface area contributed by atoms with Crippen LogP contribution in [0.3, 0.4) is 0 Å². The van der Waals surface area contributed by atoms with Gasteiger partial charge in [0.05, 0.1) is 11.5 Å². The first kappa shape index (κ1) is 12.0. The van der Waals surface area contributed by atoms with Crippen LogP contribution in [0.5, 0.6) is 0 Å². The molecule has 14 heavy (non-hydrogen) atoms. The standard InChI is InChI=1S/C7H11ClO4S2/c8-14(11,12)4-1-2-7-3-5-13(9,10)6-7/h1,4,7H,2-3,5-6H2/b4-1-. The van der Waals surface area contributed by atoms with Crippen molar-refractivity contribution in [1.29, 1.82) is 0 Å². The first-order valence-corrected chi connectivity index (χ1v) is 8.29. The van der Waals surface area contributed by atoms with Gasteiger partial charge in [-0.05, 0) is 18.8 Å². The first-order valence-electron chi connectivity index (χ1n) is 4.10. The molecule has 1 fully saturated rings. The van der Waals surface area contributed by atoms with Crippen LogP contribution in [0.25, 0.3) is 0 Å². The zero-order valence-electron chi connectivity index (χ0n) is 7.39. The highest BCUT2D eigenvalue weighted by Gasteiger charge is 2.26. The summed E-state index contributed by atoms with van der Waals surface area (Å²) in [6.07, 6.45) is 2.47. The van der Waals surface area contributed by atoms with E-state index in [0.29, 0.717) is 12.8 Å². The average Bonchev–Trinajstić information content (AvgIpc) is 2.27. The molecule has 4 nitrogen and oxygen atoms in total. The van der Waals surface area contributed by atoms with Gasteiger partial charge in [-0.1, -0.05) is 6.08 Å². The Morgan fingerprint density at radius 2 is 2.07 bits per heavy atom. The van der Waals surface area contributed by atoms with Crippen LogP contribution in [0, 0.1) is 5.92 Å². The van der Waals surface area contributed by atoms with Crippen molar-refractivity contribution < 1.29 is 16.8 Å². The van der Waals surface area contributed by atoms with E-state index in [0.717, 1.165) is 5.41 Å². The van der Waals surface area contributed by atoms with Crippen molar-refractivity contribution in [3.05, 3.63) is 11.5 Å².